The first-order chi connectivity index (χ1) is 6.86. The summed E-state index contributed by atoms with van der Waals surface area (Å²) < 4.78 is 0. The molecule has 1 saturated carbocycles. The summed E-state index contributed by atoms with van der Waals surface area (Å²) in [5, 5.41) is 3.77. The normalized spacial score (nSPS) is 40.5. The Bertz CT molecular complexity index is 151. The molecule has 0 aromatic rings. The van der Waals surface area contributed by atoms with Crippen LogP contribution in [0, 0.1) is 11.8 Å². The summed E-state index contributed by atoms with van der Waals surface area (Å²) in [5.41, 5.74) is 0. The third-order valence-electron chi connectivity index (χ3n) is 4.23. The maximum Gasteiger partial charge on any atom is 0.00953 e. The van der Waals surface area contributed by atoms with Crippen molar-refractivity contribution in [1.29, 1.82) is 0 Å². The smallest absolute Gasteiger partial charge is 0.00953 e. The van der Waals surface area contributed by atoms with E-state index >= 15 is 0 Å². The van der Waals surface area contributed by atoms with Gasteiger partial charge in [0.15, 0.2) is 0 Å². The first kappa shape index (κ1) is 10.5. The lowest BCUT2D eigenvalue weighted by atomic mass is 9.78. The average molecular weight is 195 g/mol. The van der Waals surface area contributed by atoms with Crippen LogP contribution in [0.3, 0.4) is 0 Å². The molecule has 2 fully saturated rings. The lowest BCUT2D eigenvalue weighted by Gasteiger charge is -2.32. The molecule has 2 aliphatic rings. The fourth-order valence-corrected chi connectivity index (χ4v) is 3.15. The van der Waals surface area contributed by atoms with Gasteiger partial charge in [-0.1, -0.05) is 32.6 Å². The minimum atomic E-state index is 0.866. The highest BCUT2D eigenvalue weighted by Gasteiger charge is 2.25. The van der Waals surface area contributed by atoms with Crippen molar-refractivity contribution < 1.29 is 0 Å². The Morgan fingerprint density at radius 3 is 2.43 bits per heavy atom. The Labute approximate surface area is 88.7 Å². The van der Waals surface area contributed by atoms with E-state index in [4.69, 9.17) is 0 Å². The van der Waals surface area contributed by atoms with Gasteiger partial charge in [0, 0.05) is 6.04 Å². The summed E-state index contributed by atoms with van der Waals surface area (Å²) in [7, 11) is 0. The van der Waals surface area contributed by atoms with Crippen LogP contribution in [0.25, 0.3) is 0 Å². The van der Waals surface area contributed by atoms with Crippen LogP contribution in [-0.2, 0) is 0 Å². The van der Waals surface area contributed by atoms with Gasteiger partial charge in [0.1, 0.15) is 0 Å². The number of hydrogen-bond acceptors (Lipinski definition) is 1. The Kier molecular flexibility index (Phi) is 3.86. The van der Waals surface area contributed by atoms with Crippen molar-refractivity contribution in [1.82, 2.24) is 5.32 Å². The topological polar surface area (TPSA) is 12.0 Å². The summed E-state index contributed by atoms with van der Waals surface area (Å²) in [6.45, 7) is 3.69. The first-order valence-corrected chi connectivity index (χ1v) is 6.59. The van der Waals surface area contributed by atoms with E-state index < -0.39 is 0 Å². The molecular weight excluding hydrogens is 170 g/mol. The van der Waals surface area contributed by atoms with Crippen molar-refractivity contribution >= 4 is 0 Å². The molecule has 0 spiro atoms. The SMILES string of the molecule is CC1CCC(C2CCCCCN2)CC1. The van der Waals surface area contributed by atoms with Crippen molar-refractivity contribution in [3.8, 4) is 0 Å². The maximum atomic E-state index is 3.77. The van der Waals surface area contributed by atoms with E-state index in [-0.39, 0.29) is 0 Å². The van der Waals surface area contributed by atoms with E-state index in [9.17, 15) is 0 Å². The van der Waals surface area contributed by atoms with Crippen molar-refractivity contribution in [2.45, 2.75) is 64.3 Å². The summed E-state index contributed by atoms with van der Waals surface area (Å²) in [4.78, 5) is 0. The van der Waals surface area contributed by atoms with E-state index in [1.54, 1.807) is 0 Å². The van der Waals surface area contributed by atoms with Crippen LogP contribution in [0.15, 0.2) is 0 Å². The zero-order valence-electron chi connectivity index (χ0n) is 9.60. The average Bonchev–Trinajstić information content (AvgIpc) is 2.47. The highest BCUT2D eigenvalue weighted by atomic mass is 14.9. The van der Waals surface area contributed by atoms with Gasteiger partial charge in [0.2, 0.25) is 0 Å². The predicted molar refractivity (Wildman–Crippen MR) is 61.4 cm³/mol. The Morgan fingerprint density at radius 2 is 1.64 bits per heavy atom. The third kappa shape index (κ3) is 2.73. The number of nitrogens with one attached hydrogen (secondary N) is 1. The second-order valence-electron chi connectivity index (χ2n) is 5.43. The fourth-order valence-electron chi connectivity index (χ4n) is 3.15. The standard InChI is InChI=1S/C13H25N/c1-11-6-8-12(9-7-11)13-5-3-2-4-10-14-13/h11-14H,2-10H2,1H3. The molecule has 0 aromatic heterocycles. The van der Waals surface area contributed by atoms with Crippen LogP contribution in [0.2, 0.25) is 0 Å². The summed E-state index contributed by atoms with van der Waals surface area (Å²) in [6.07, 6.45) is 11.7. The van der Waals surface area contributed by atoms with E-state index in [0.717, 1.165) is 17.9 Å². The predicted octanol–water partition coefficient (Wildman–Crippen LogP) is 3.34. The molecule has 82 valence electrons. The summed E-state index contributed by atoms with van der Waals surface area (Å²) in [5.74, 6) is 2.00. The van der Waals surface area contributed by atoms with Crippen molar-refractivity contribution in [3.63, 3.8) is 0 Å². The van der Waals surface area contributed by atoms with Gasteiger partial charge in [0.05, 0.1) is 0 Å². The molecule has 1 heteroatoms. The Balaban J connectivity index is 1.81. The zero-order valence-corrected chi connectivity index (χ0v) is 9.60. The number of rotatable bonds is 1. The molecule has 1 unspecified atom stereocenters. The fraction of sp³-hybridized carbons (Fsp3) is 1.00. The quantitative estimate of drug-likeness (QED) is 0.676. The molecule has 1 heterocycles. The van der Waals surface area contributed by atoms with Gasteiger partial charge < -0.3 is 5.32 Å². The molecule has 0 aromatic carbocycles. The molecule has 2 rings (SSSR count). The molecule has 1 N–H and O–H groups in total. The highest BCUT2D eigenvalue weighted by molar-refractivity contribution is 4.82. The van der Waals surface area contributed by atoms with E-state index in [2.05, 4.69) is 12.2 Å². The van der Waals surface area contributed by atoms with Gasteiger partial charge in [0.25, 0.3) is 0 Å². The van der Waals surface area contributed by atoms with E-state index in [1.807, 2.05) is 0 Å². The minimum Gasteiger partial charge on any atom is -0.314 e. The summed E-state index contributed by atoms with van der Waals surface area (Å²) in [6, 6.07) is 0.866. The first-order valence-electron chi connectivity index (χ1n) is 6.59. The molecule has 0 amide bonds. The largest absolute Gasteiger partial charge is 0.314 e. The molecule has 1 aliphatic carbocycles. The second kappa shape index (κ2) is 5.16. The van der Waals surface area contributed by atoms with Gasteiger partial charge in [-0.3, -0.25) is 0 Å². The molecule has 1 aliphatic heterocycles. The van der Waals surface area contributed by atoms with Gasteiger partial charge in [-0.15, -0.1) is 0 Å². The van der Waals surface area contributed by atoms with Crippen molar-refractivity contribution in [3.05, 3.63) is 0 Å². The molecule has 1 saturated heterocycles. The third-order valence-corrected chi connectivity index (χ3v) is 4.23. The molecule has 1 atom stereocenters. The van der Waals surface area contributed by atoms with Gasteiger partial charge in [-0.25, -0.2) is 0 Å². The van der Waals surface area contributed by atoms with Crippen LogP contribution in [0.4, 0.5) is 0 Å². The van der Waals surface area contributed by atoms with Gasteiger partial charge in [-0.2, -0.15) is 0 Å². The minimum absolute atomic E-state index is 0.866. The second-order valence-corrected chi connectivity index (χ2v) is 5.43. The monoisotopic (exact) mass is 195 g/mol. The number of hydrogen-bond donors (Lipinski definition) is 1. The molecular formula is C13H25N. The summed E-state index contributed by atoms with van der Waals surface area (Å²) >= 11 is 0. The lowest BCUT2D eigenvalue weighted by molar-refractivity contribution is 0.227. The van der Waals surface area contributed by atoms with Crippen LogP contribution in [-0.4, -0.2) is 12.6 Å². The molecule has 1 nitrogen and oxygen atoms in total. The maximum absolute atomic E-state index is 3.77. The molecule has 14 heavy (non-hydrogen) atoms. The van der Waals surface area contributed by atoms with E-state index in [1.165, 1.54) is 57.9 Å². The van der Waals surface area contributed by atoms with Gasteiger partial charge in [-0.05, 0) is 44.1 Å². The van der Waals surface area contributed by atoms with Crippen LogP contribution in [0.5, 0.6) is 0 Å². The molecule has 0 bridgehead atoms. The Morgan fingerprint density at radius 1 is 0.857 bits per heavy atom. The lowest BCUT2D eigenvalue weighted by Crippen LogP contribution is -2.37. The van der Waals surface area contributed by atoms with Crippen LogP contribution in [0.1, 0.15) is 58.3 Å². The zero-order chi connectivity index (χ0) is 9.80. The van der Waals surface area contributed by atoms with Gasteiger partial charge >= 0.3 is 0 Å². The highest BCUT2D eigenvalue weighted by Crippen LogP contribution is 2.32. The van der Waals surface area contributed by atoms with E-state index in [0.29, 0.717) is 0 Å². The van der Waals surface area contributed by atoms with Crippen LogP contribution >= 0.6 is 0 Å². The van der Waals surface area contributed by atoms with Crippen molar-refractivity contribution in [2.75, 3.05) is 6.54 Å². The van der Waals surface area contributed by atoms with Crippen LogP contribution < -0.4 is 5.32 Å². The molecule has 0 radical (unpaired) electrons. The Hall–Kier alpha value is -0.0400. The van der Waals surface area contributed by atoms with Crippen molar-refractivity contribution in [2.24, 2.45) is 11.8 Å².